The number of halogens is 1. The van der Waals surface area contributed by atoms with E-state index in [0.29, 0.717) is 17.9 Å². The minimum Gasteiger partial charge on any atom is -0.364 e. The van der Waals surface area contributed by atoms with Crippen LogP contribution in [0.2, 0.25) is 0 Å². The molecule has 1 unspecified atom stereocenters. The quantitative estimate of drug-likeness (QED) is 0.432. The second-order valence-electron chi connectivity index (χ2n) is 6.64. The molecule has 0 aliphatic carbocycles. The minimum absolute atomic E-state index is 0.0196. The Labute approximate surface area is 165 Å². The number of benzene rings is 2. The summed E-state index contributed by atoms with van der Waals surface area (Å²) in [6.07, 6.45) is 1.32. The van der Waals surface area contributed by atoms with Gasteiger partial charge >= 0.3 is 5.69 Å². The van der Waals surface area contributed by atoms with E-state index in [1.807, 2.05) is 24.3 Å². The van der Waals surface area contributed by atoms with Gasteiger partial charge in [-0.1, -0.05) is 45.4 Å². The summed E-state index contributed by atoms with van der Waals surface area (Å²) in [6, 6.07) is 16.4. The second kappa shape index (κ2) is 7.15. The van der Waals surface area contributed by atoms with Gasteiger partial charge in [-0.05, 0) is 48.7 Å². The summed E-state index contributed by atoms with van der Waals surface area (Å²) in [6.45, 7) is 2.44. The highest BCUT2D eigenvalue weighted by atomic mass is 79.9. The monoisotopic (exact) mass is 427 g/mol. The Morgan fingerprint density at radius 1 is 1.26 bits per heavy atom. The Kier molecular flexibility index (Phi) is 4.70. The molecule has 27 heavy (non-hydrogen) atoms. The first-order valence-electron chi connectivity index (χ1n) is 8.74. The maximum atomic E-state index is 11.5. The van der Waals surface area contributed by atoms with Crippen molar-refractivity contribution in [3.8, 4) is 0 Å². The predicted octanol–water partition coefficient (Wildman–Crippen LogP) is 5.00. The van der Waals surface area contributed by atoms with Gasteiger partial charge in [0.1, 0.15) is 0 Å². The van der Waals surface area contributed by atoms with E-state index in [-0.39, 0.29) is 11.7 Å². The van der Waals surface area contributed by atoms with Gasteiger partial charge in [0.25, 0.3) is 0 Å². The fraction of sp³-hybridized carbons (Fsp3) is 0.250. The number of rotatable bonds is 4. The largest absolute Gasteiger partial charge is 0.364 e. The van der Waals surface area contributed by atoms with Gasteiger partial charge in [0.2, 0.25) is 5.76 Å². The highest BCUT2D eigenvalue weighted by Gasteiger charge is 2.33. The van der Waals surface area contributed by atoms with Crippen molar-refractivity contribution in [2.24, 2.45) is 0 Å². The van der Waals surface area contributed by atoms with Crippen LogP contribution in [0.3, 0.4) is 0 Å². The first-order chi connectivity index (χ1) is 13.0. The van der Waals surface area contributed by atoms with Crippen molar-refractivity contribution in [1.29, 1.82) is 0 Å². The summed E-state index contributed by atoms with van der Waals surface area (Å²) in [5.41, 5.74) is 3.82. The Bertz CT molecular complexity index is 984. The molecular weight excluding hydrogens is 410 g/mol. The van der Waals surface area contributed by atoms with Crippen LogP contribution in [0.25, 0.3) is 0 Å². The molecule has 1 aliphatic rings. The van der Waals surface area contributed by atoms with Crippen molar-refractivity contribution in [1.82, 2.24) is 5.16 Å². The van der Waals surface area contributed by atoms with Gasteiger partial charge in [0.15, 0.2) is 5.69 Å². The molecule has 6 nitrogen and oxygen atoms in total. The highest BCUT2D eigenvalue weighted by Crippen LogP contribution is 2.38. The van der Waals surface area contributed by atoms with Crippen LogP contribution in [-0.4, -0.2) is 16.6 Å². The van der Waals surface area contributed by atoms with E-state index in [1.54, 1.807) is 6.92 Å². The lowest BCUT2D eigenvalue weighted by Crippen LogP contribution is -2.36. The number of nitro groups is 1. The molecule has 0 amide bonds. The third-order valence-electron chi connectivity index (χ3n) is 5.03. The molecule has 0 bridgehead atoms. The van der Waals surface area contributed by atoms with Crippen molar-refractivity contribution in [3.63, 3.8) is 0 Å². The van der Waals surface area contributed by atoms with Crippen LogP contribution >= 0.6 is 15.9 Å². The van der Waals surface area contributed by atoms with E-state index < -0.39 is 4.92 Å². The second-order valence-corrected chi connectivity index (χ2v) is 7.55. The van der Waals surface area contributed by atoms with Crippen LogP contribution in [0.5, 0.6) is 0 Å². The van der Waals surface area contributed by atoms with E-state index in [2.05, 4.69) is 50.3 Å². The third-order valence-corrected chi connectivity index (χ3v) is 5.56. The average molecular weight is 428 g/mol. The summed E-state index contributed by atoms with van der Waals surface area (Å²) in [4.78, 5) is 13.4. The maximum absolute atomic E-state index is 11.5. The lowest BCUT2D eigenvalue weighted by molar-refractivity contribution is -0.386. The molecule has 4 rings (SSSR count). The fourth-order valence-corrected chi connectivity index (χ4v) is 4.03. The fourth-order valence-electron chi connectivity index (χ4n) is 3.77. The first-order valence-corrected chi connectivity index (χ1v) is 9.53. The molecule has 3 aromatic rings. The molecule has 1 atom stereocenters. The Morgan fingerprint density at radius 3 is 2.74 bits per heavy atom. The van der Waals surface area contributed by atoms with Gasteiger partial charge in [-0.2, -0.15) is 0 Å². The van der Waals surface area contributed by atoms with Gasteiger partial charge < -0.3 is 9.42 Å². The number of fused-ring (bicyclic) bond motifs is 1. The summed E-state index contributed by atoms with van der Waals surface area (Å²) in [5, 5.41) is 15.3. The lowest BCUT2D eigenvalue weighted by atomic mass is 9.89. The van der Waals surface area contributed by atoms with Gasteiger partial charge in [-0.25, -0.2) is 0 Å². The molecular formula is C20H18BrN3O3. The maximum Gasteiger partial charge on any atom is 0.334 e. The van der Waals surface area contributed by atoms with Crippen LogP contribution in [0.15, 0.2) is 57.5 Å². The molecule has 0 saturated heterocycles. The molecule has 0 N–H and O–H groups in total. The normalized spacial score (nSPS) is 16.2. The molecule has 1 aromatic heterocycles. The SMILES string of the molecule is Cc1noc(CC2c3ccccc3CCN2c2ccc(Br)cc2)c1[N+](=O)[O-]. The van der Waals surface area contributed by atoms with Gasteiger partial charge in [0, 0.05) is 23.1 Å². The van der Waals surface area contributed by atoms with Crippen molar-refractivity contribution in [2.45, 2.75) is 25.8 Å². The average Bonchev–Trinajstić information content (AvgIpc) is 3.03. The number of hydrogen-bond acceptors (Lipinski definition) is 5. The third kappa shape index (κ3) is 3.35. The predicted molar refractivity (Wildman–Crippen MR) is 106 cm³/mol. The molecule has 1 aliphatic heterocycles. The van der Waals surface area contributed by atoms with Gasteiger partial charge in [-0.15, -0.1) is 0 Å². The van der Waals surface area contributed by atoms with E-state index in [9.17, 15) is 10.1 Å². The highest BCUT2D eigenvalue weighted by molar-refractivity contribution is 9.10. The Hall–Kier alpha value is -2.67. The lowest BCUT2D eigenvalue weighted by Gasteiger charge is -2.38. The van der Waals surface area contributed by atoms with Crippen LogP contribution < -0.4 is 4.90 Å². The molecule has 138 valence electrons. The number of nitrogens with zero attached hydrogens (tertiary/aromatic N) is 3. The van der Waals surface area contributed by atoms with E-state index in [0.717, 1.165) is 23.1 Å². The van der Waals surface area contributed by atoms with Crippen LogP contribution in [0.1, 0.15) is 28.6 Å². The summed E-state index contributed by atoms with van der Waals surface area (Å²) >= 11 is 3.48. The van der Waals surface area contributed by atoms with E-state index >= 15 is 0 Å². The van der Waals surface area contributed by atoms with Crippen molar-refractivity contribution < 1.29 is 9.45 Å². The molecule has 2 heterocycles. The Morgan fingerprint density at radius 2 is 2.00 bits per heavy atom. The smallest absolute Gasteiger partial charge is 0.334 e. The van der Waals surface area contributed by atoms with Crippen LogP contribution in [0, 0.1) is 17.0 Å². The molecule has 0 saturated carbocycles. The molecule has 0 spiro atoms. The van der Waals surface area contributed by atoms with Crippen LogP contribution in [-0.2, 0) is 12.8 Å². The molecule has 0 radical (unpaired) electrons. The molecule has 7 heteroatoms. The summed E-state index contributed by atoms with van der Waals surface area (Å²) < 4.78 is 6.37. The van der Waals surface area contributed by atoms with Crippen molar-refractivity contribution in [2.75, 3.05) is 11.4 Å². The number of aromatic nitrogens is 1. The van der Waals surface area contributed by atoms with Crippen LogP contribution in [0.4, 0.5) is 11.4 Å². The minimum atomic E-state index is -0.403. The van der Waals surface area contributed by atoms with Crippen molar-refractivity contribution in [3.05, 3.63) is 85.7 Å². The molecule has 0 fully saturated rings. The van der Waals surface area contributed by atoms with E-state index in [4.69, 9.17) is 4.52 Å². The number of aryl methyl sites for hydroxylation is 1. The first kappa shape index (κ1) is 17.7. The number of anilines is 1. The zero-order chi connectivity index (χ0) is 19.0. The summed E-state index contributed by atoms with van der Waals surface area (Å²) in [7, 11) is 0. The standard InChI is InChI=1S/C20H18BrN3O3/c1-13-20(24(25)26)19(27-22-13)12-18-17-5-3-2-4-14(17)10-11-23(18)16-8-6-15(21)7-9-16/h2-9,18H,10-12H2,1H3. The van der Waals surface area contributed by atoms with Gasteiger partial charge in [-0.3, -0.25) is 10.1 Å². The Balaban J connectivity index is 1.77. The van der Waals surface area contributed by atoms with E-state index in [1.165, 1.54) is 11.1 Å². The molecule has 2 aromatic carbocycles. The topological polar surface area (TPSA) is 72.4 Å². The van der Waals surface area contributed by atoms with Gasteiger partial charge in [0.05, 0.1) is 11.0 Å². The van der Waals surface area contributed by atoms with Crippen molar-refractivity contribution >= 4 is 27.3 Å². The summed E-state index contributed by atoms with van der Waals surface area (Å²) in [5.74, 6) is 0.321. The zero-order valence-electron chi connectivity index (χ0n) is 14.8. The zero-order valence-corrected chi connectivity index (χ0v) is 16.3. The number of hydrogen-bond donors (Lipinski definition) is 0.